The number of carbonyl (C=O) groups is 2. The van der Waals surface area contributed by atoms with Gasteiger partial charge in [0.15, 0.2) is 0 Å². The maximum atomic E-state index is 12.3. The number of carboxylic acids is 1. The smallest absolute Gasteiger partial charge is 0.408 e. The molecule has 0 saturated heterocycles. The monoisotopic (exact) mass is 478 g/mol. The minimum absolute atomic E-state index is 0.00811. The number of benzene rings is 2. The molecule has 0 heterocycles. The van der Waals surface area contributed by atoms with Gasteiger partial charge in [-0.1, -0.05) is 30.3 Å². The van der Waals surface area contributed by atoms with E-state index in [2.05, 4.69) is 15.0 Å². The van der Waals surface area contributed by atoms with Gasteiger partial charge in [-0.15, -0.1) is 0 Å². The molecule has 5 N–H and O–H groups in total. The topological polar surface area (TPSA) is 169 Å². The minimum Gasteiger partial charge on any atom is -0.497 e. The van der Waals surface area contributed by atoms with Crippen LogP contribution in [0.15, 0.2) is 64.5 Å². The highest BCUT2D eigenvalue weighted by Gasteiger charge is 2.20. The van der Waals surface area contributed by atoms with E-state index in [0.717, 1.165) is 5.56 Å². The van der Waals surface area contributed by atoms with E-state index in [-0.39, 0.29) is 36.8 Å². The maximum Gasteiger partial charge on any atom is 0.408 e. The van der Waals surface area contributed by atoms with Gasteiger partial charge in [-0.2, -0.15) is 0 Å². The molecule has 0 saturated carbocycles. The van der Waals surface area contributed by atoms with Crippen molar-refractivity contribution in [1.82, 2.24) is 10.0 Å². The molecule has 2 aromatic carbocycles. The molecule has 178 valence electrons. The molecule has 0 radical (unpaired) electrons. The Hall–Kier alpha value is -3.80. The highest BCUT2D eigenvalue weighted by molar-refractivity contribution is 7.90. The van der Waals surface area contributed by atoms with Crippen LogP contribution >= 0.6 is 0 Å². The van der Waals surface area contributed by atoms with Crippen LogP contribution in [0.3, 0.4) is 0 Å². The van der Waals surface area contributed by atoms with Gasteiger partial charge in [0, 0.05) is 6.54 Å². The first-order valence-electron chi connectivity index (χ1n) is 9.88. The fourth-order valence-electron chi connectivity index (χ4n) is 2.64. The molecule has 2 aromatic rings. The average molecular weight is 479 g/mol. The first-order chi connectivity index (χ1) is 15.7. The normalized spacial score (nSPS) is 12.5. The lowest BCUT2D eigenvalue weighted by Crippen LogP contribution is -2.41. The van der Waals surface area contributed by atoms with Crippen LogP contribution in [0, 0.1) is 0 Å². The Morgan fingerprint density at radius 1 is 1.12 bits per heavy atom. The third-order valence-electron chi connectivity index (χ3n) is 4.34. The number of rotatable bonds is 11. The number of hydrogen-bond donors (Lipinski definition) is 4. The molecule has 0 bridgehead atoms. The number of nitrogens with zero attached hydrogens (tertiary/aromatic N) is 1. The first kappa shape index (κ1) is 25.5. The average Bonchev–Trinajstić information content (AvgIpc) is 2.80. The zero-order chi connectivity index (χ0) is 24.3. The van der Waals surface area contributed by atoms with Gasteiger partial charge in [-0.05, 0) is 42.7 Å². The SMILES string of the molecule is COc1ccc(S(=O)(=O)NC(N)=NCCC[C@@H](NC(=O)OCc2ccccc2)C(=O)O)cc1. The van der Waals surface area contributed by atoms with E-state index in [9.17, 15) is 23.1 Å². The zero-order valence-corrected chi connectivity index (χ0v) is 18.7. The van der Waals surface area contributed by atoms with Crippen LogP contribution in [-0.2, 0) is 26.2 Å². The fourth-order valence-corrected chi connectivity index (χ4v) is 3.60. The lowest BCUT2D eigenvalue weighted by Gasteiger charge is -2.14. The molecule has 0 aliphatic heterocycles. The van der Waals surface area contributed by atoms with Crippen LogP contribution in [-0.4, -0.2) is 51.2 Å². The van der Waals surface area contributed by atoms with E-state index in [1.807, 2.05) is 6.07 Å². The molecule has 0 aliphatic rings. The van der Waals surface area contributed by atoms with Gasteiger partial charge in [0.2, 0.25) is 5.96 Å². The highest BCUT2D eigenvalue weighted by atomic mass is 32.2. The summed E-state index contributed by atoms with van der Waals surface area (Å²) in [6.45, 7) is 0.0513. The number of nitrogens with two attached hydrogens (primary N) is 1. The Balaban J connectivity index is 1.80. The Kier molecular flexibility index (Phi) is 9.48. The fraction of sp³-hybridized carbons (Fsp3) is 0.286. The van der Waals surface area contributed by atoms with Crippen molar-refractivity contribution in [2.75, 3.05) is 13.7 Å². The van der Waals surface area contributed by atoms with Crippen LogP contribution in [0.2, 0.25) is 0 Å². The maximum absolute atomic E-state index is 12.3. The van der Waals surface area contributed by atoms with Gasteiger partial charge >= 0.3 is 12.1 Å². The number of amides is 1. The summed E-state index contributed by atoms with van der Waals surface area (Å²) < 4.78 is 36.8. The van der Waals surface area contributed by atoms with Crippen molar-refractivity contribution >= 4 is 28.0 Å². The summed E-state index contributed by atoms with van der Waals surface area (Å²) in [5.74, 6) is -1.07. The van der Waals surface area contributed by atoms with Crippen molar-refractivity contribution in [3.8, 4) is 5.75 Å². The number of sulfonamides is 1. The Morgan fingerprint density at radius 2 is 1.79 bits per heavy atom. The van der Waals surface area contributed by atoms with Gasteiger partial charge < -0.3 is 25.6 Å². The lowest BCUT2D eigenvalue weighted by molar-refractivity contribution is -0.139. The van der Waals surface area contributed by atoms with Crippen molar-refractivity contribution in [2.45, 2.75) is 30.4 Å². The van der Waals surface area contributed by atoms with E-state index in [1.165, 1.54) is 31.4 Å². The number of hydrogen-bond acceptors (Lipinski definition) is 7. The van der Waals surface area contributed by atoms with E-state index in [0.29, 0.717) is 5.75 Å². The van der Waals surface area contributed by atoms with Gasteiger partial charge in [-0.25, -0.2) is 22.7 Å². The molecule has 0 aromatic heterocycles. The Bertz CT molecular complexity index is 1060. The van der Waals surface area contributed by atoms with Crippen molar-refractivity contribution < 1.29 is 32.6 Å². The standard InChI is InChI=1S/C21H26N4O7S/c1-31-16-9-11-17(12-10-16)33(29,30)25-20(22)23-13-5-8-18(19(26)27)24-21(28)32-14-15-6-3-2-4-7-15/h2-4,6-7,9-12,18H,5,8,13-14H2,1H3,(H,24,28)(H,26,27)(H3,22,23,25)/t18-/m1/s1. The number of aliphatic imine (C=N–C) groups is 1. The van der Waals surface area contributed by atoms with Crippen molar-refractivity contribution in [2.24, 2.45) is 10.7 Å². The molecular weight excluding hydrogens is 452 g/mol. The number of ether oxygens (including phenoxy) is 2. The molecule has 33 heavy (non-hydrogen) atoms. The van der Waals surface area contributed by atoms with E-state index < -0.39 is 28.1 Å². The molecule has 0 unspecified atom stereocenters. The summed E-state index contributed by atoms with van der Waals surface area (Å²) in [5, 5.41) is 11.6. The number of carboxylic acid groups (broad SMARTS) is 1. The van der Waals surface area contributed by atoms with Gasteiger partial charge in [-0.3, -0.25) is 4.99 Å². The molecule has 12 heteroatoms. The highest BCUT2D eigenvalue weighted by Crippen LogP contribution is 2.15. The number of alkyl carbamates (subject to hydrolysis) is 1. The summed E-state index contributed by atoms with van der Waals surface area (Å²) in [5.41, 5.74) is 6.40. The Morgan fingerprint density at radius 3 is 2.39 bits per heavy atom. The number of guanidine groups is 1. The predicted octanol–water partition coefficient (Wildman–Crippen LogP) is 1.45. The molecule has 0 spiro atoms. The summed E-state index contributed by atoms with van der Waals surface area (Å²) in [7, 11) is -2.46. The zero-order valence-electron chi connectivity index (χ0n) is 17.9. The molecule has 11 nitrogen and oxygen atoms in total. The van der Waals surface area contributed by atoms with Crippen molar-refractivity contribution in [1.29, 1.82) is 0 Å². The summed E-state index contributed by atoms with van der Waals surface area (Å²) in [6, 6.07) is 13.4. The second kappa shape index (κ2) is 12.3. The molecule has 0 fully saturated rings. The van der Waals surface area contributed by atoms with Crippen LogP contribution in [0.4, 0.5) is 4.79 Å². The Labute approximate surface area is 191 Å². The largest absolute Gasteiger partial charge is 0.497 e. The molecule has 1 amide bonds. The number of carbonyl (C=O) groups excluding carboxylic acids is 1. The molecular formula is C21H26N4O7S. The summed E-state index contributed by atoms with van der Waals surface area (Å²) in [6.07, 6.45) is -0.597. The lowest BCUT2D eigenvalue weighted by atomic mass is 10.1. The van der Waals surface area contributed by atoms with Gasteiger partial charge in [0.1, 0.15) is 18.4 Å². The minimum atomic E-state index is -3.93. The summed E-state index contributed by atoms with van der Waals surface area (Å²) in [4.78, 5) is 27.1. The quantitative estimate of drug-likeness (QED) is 0.214. The number of nitrogens with one attached hydrogen (secondary N) is 2. The third-order valence-corrected chi connectivity index (χ3v) is 5.72. The number of aliphatic carboxylic acids is 1. The predicted molar refractivity (Wildman–Crippen MR) is 120 cm³/mol. The second-order valence-corrected chi connectivity index (χ2v) is 8.47. The second-order valence-electron chi connectivity index (χ2n) is 6.79. The molecule has 2 rings (SSSR count). The van der Waals surface area contributed by atoms with E-state index >= 15 is 0 Å². The molecule has 1 atom stereocenters. The van der Waals surface area contributed by atoms with Crippen molar-refractivity contribution in [3.05, 3.63) is 60.2 Å². The van der Waals surface area contributed by atoms with Crippen LogP contribution in [0.1, 0.15) is 18.4 Å². The van der Waals surface area contributed by atoms with E-state index in [4.69, 9.17) is 15.2 Å². The van der Waals surface area contributed by atoms with Gasteiger partial charge in [0.25, 0.3) is 10.0 Å². The van der Waals surface area contributed by atoms with E-state index in [1.54, 1.807) is 24.3 Å². The van der Waals surface area contributed by atoms with Gasteiger partial charge in [0.05, 0.1) is 12.0 Å². The van der Waals surface area contributed by atoms with Crippen molar-refractivity contribution in [3.63, 3.8) is 0 Å². The molecule has 0 aliphatic carbocycles. The van der Waals surface area contributed by atoms with Crippen LogP contribution in [0.25, 0.3) is 0 Å². The third kappa shape index (κ3) is 8.69. The summed E-state index contributed by atoms with van der Waals surface area (Å²) >= 11 is 0. The van der Waals surface area contributed by atoms with Crippen LogP contribution < -0.4 is 20.5 Å². The van der Waals surface area contributed by atoms with Crippen LogP contribution in [0.5, 0.6) is 5.75 Å². The number of methoxy groups -OCH3 is 1. The first-order valence-corrected chi connectivity index (χ1v) is 11.4.